The molecular weight excluding hydrogens is 223 g/mol. The van der Waals surface area contributed by atoms with E-state index in [9.17, 15) is 0 Å². The minimum atomic E-state index is 0.371. The van der Waals surface area contributed by atoms with Crippen molar-refractivity contribution in [3.05, 3.63) is 21.3 Å². The summed E-state index contributed by atoms with van der Waals surface area (Å²) < 4.78 is 0. The van der Waals surface area contributed by atoms with Crippen LogP contribution in [0.1, 0.15) is 24.6 Å². The lowest BCUT2D eigenvalue weighted by Gasteiger charge is -1.98. The van der Waals surface area contributed by atoms with Crippen molar-refractivity contribution in [3.8, 4) is 0 Å². The van der Waals surface area contributed by atoms with E-state index in [0.29, 0.717) is 17.3 Å². The maximum atomic E-state index is 5.91. The van der Waals surface area contributed by atoms with E-state index in [1.165, 1.54) is 4.88 Å². The second kappa shape index (κ2) is 3.15. The van der Waals surface area contributed by atoms with Crippen LogP contribution in [0.4, 0.5) is 0 Å². The summed E-state index contributed by atoms with van der Waals surface area (Å²) in [4.78, 5) is 1.39. The summed E-state index contributed by atoms with van der Waals surface area (Å²) in [5.41, 5.74) is 0.371. The van der Waals surface area contributed by atoms with Gasteiger partial charge in [-0.25, -0.2) is 0 Å². The molecule has 3 heteroatoms. The Hall–Kier alpha value is 0.280. The van der Waals surface area contributed by atoms with E-state index in [0.717, 1.165) is 10.9 Å². The van der Waals surface area contributed by atoms with Gasteiger partial charge >= 0.3 is 0 Å². The summed E-state index contributed by atoms with van der Waals surface area (Å²) in [5.74, 6) is 2.01. The third kappa shape index (κ3) is 1.51. The Kier molecular flexibility index (Phi) is 2.38. The van der Waals surface area contributed by atoms with Crippen LogP contribution in [0.3, 0.4) is 0 Å². The molecule has 0 aliphatic heterocycles. The van der Waals surface area contributed by atoms with E-state index in [-0.39, 0.29) is 0 Å². The lowest BCUT2D eigenvalue weighted by Crippen LogP contribution is -1.90. The van der Waals surface area contributed by atoms with Crippen LogP contribution in [-0.2, 0) is 0 Å². The van der Waals surface area contributed by atoms with Gasteiger partial charge in [0.1, 0.15) is 0 Å². The first-order chi connectivity index (χ1) is 6.07. The first kappa shape index (κ1) is 9.82. The normalized spacial score (nSPS) is 30.5. The van der Waals surface area contributed by atoms with E-state index < -0.39 is 0 Å². The monoisotopic (exact) mass is 234 g/mol. The molecule has 2 rings (SSSR count). The number of hydrogen-bond acceptors (Lipinski definition) is 1. The van der Waals surface area contributed by atoms with Crippen molar-refractivity contribution < 1.29 is 0 Å². The van der Waals surface area contributed by atoms with E-state index in [1.807, 2.05) is 5.38 Å². The maximum Gasteiger partial charge on any atom is 0.0515 e. The van der Waals surface area contributed by atoms with Crippen LogP contribution in [0.5, 0.6) is 0 Å². The smallest absolute Gasteiger partial charge is 0.0515 e. The highest BCUT2D eigenvalue weighted by Gasteiger charge is 2.58. The highest BCUT2D eigenvalue weighted by Crippen LogP contribution is 2.65. The standard InChI is InChI=1S/C10H12Cl2S/c1-10(2)7(4-11)9(10)8-3-6(12)5-13-8/h3,5,7,9H,4H2,1-2H3. The van der Waals surface area contributed by atoms with Gasteiger partial charge in [0, 0.05) is 22.1 Å². The van der Waals surface area contributed by atoms with Gasteiger partial charge in [-0.3, -0.25) is 0 Å². The molecular formula is C10H12Cl2S. The summed E-state index contributed by atoms with van der Waals surface area (Å²) in [5, 5.41) is 2.85. The van der Waals surface area contributed by atoms with Gasteiger partial charge in [-0.05, 0) is 17.4 Å². The number of hydrogen-bond donors (Lipinski definition) is 0. The highest BCUT2D eigenvalue weighted by atomic mass is 35.5. The maximum absolute atomic E-state index is 5.91. The second-order valence-corrected chi connectivity index (χ2v) is 5.91. The Bertz CT molecular complexity index is 316. The zero-order chi connectivity index (χ0) is 9.64. The van der Waals surface area contributed by atoms with Gasteiger partial charge in [0.2, 0.25) is 0 Å². The van der Waals surface area contributed by atoms with Crippen LogP contribution in [-0.4, -0.2) is 5.88 Å². The Morgan fingerprint density at radius 1 is 1.54 bits per heavy atom. The van der Waals surface area contributed by atoms with Crippen LogP contribution in [0.2, 0.25) is 5.02 Å². The fourth-order valence-electron chi connectivity index (χ4n) is 2.09. The summed E-state index contributed by atoms with van der Waals surface area (Å²) in [6, 6.07) is 2.07. The zero-order valence-electron chi connectivity index (χ0n) is 7.68. The van der Waals surface area contributed by atoms with Crippen LogP contribution in [0, 0.1) is 11.3 Å². The zero-order valence-corrected chi connectivity index (χ0v) is 10.0. The summed E-state index contributed by atoms with van der Waals surface area (Å²) in [7, 11) is 0. The van der Waals surface area contributed by atoms with Gasteiger partial charge in [-0.1, -0.05) is 25.4 Å². The molecule has 1 fully saturated rings. The predicted octanol–water partition coefficient (Wildman–Crippen LogP) is 4.38. The molecule has 2 atom stereocenters. The molecule has 0 radical (unpaired) electrons. The van der Waals surface area contributed by atoms with Crippen LogP contribution in [0.25, 0.3) is 0 Å². The summed E-state index contributed by atoms with van der Waals surface area (Å²) >= 11 is 13.6. The molecule has 1 saturated carbocycles. The largest absolute Gasteiger partial charge is 0.147 e. The van der Waals surface area contributed by atoms with E-state index in [2.05, 4.69) is 19.9 Å². The summed E-state index contributed by atoms with van der Waals surface area (Å²) in [6.45, 7) is 4.55. The molecule has 13 heavy (non-hydrogen) atoms. The highest BCUT2D eigenvalue weighted by molar-refractivity contribution is 7.10. The van der Waals surface area contributed by atoms with E-state index in [1.54, 1.807) is 11.3 Å². The van der Waals surface area contributed by atoms with E-state index >= 15 is 0 Å². The fraction of sp³-hybridized carbons (Fsp3) is 0.600. The summed E-state index contributed by atoms with van der Waals surface area (Å²) in [6.07, 6.45) is 0. The first-order valence-electron chi connectivity index (χ1n) is 4.37. The van der Waals surface area contributed by atoms with Crippen molar-refractivity contribution >= 4 is 34.5 Å². The average Bonchev–Trinajstić information content (AvgIpc) is 2.41. The Labute approximate surface area is 92.9 Å². The molecule has 1 aliphatic carbocycles. The Morgan fingerprint density at radius 3 is 2.62 bits per heavy atom. The van der Waals surface area contributed by atoms with Crippen molar-refractivity contribution in [2.45, 2.75) is 19.8 Å². The van der Waals surface area contributed by atoms with Gasteiger partial charge < -0.3 is 0 Å². The molecule has 0 amide bonds. The van der Waals surface area contributed by atoms with Crippen molar-refractivity contribution in [2.24, 2.45) is 11.3 Å². The van der Waals surface area contributed by atoms with Gasteiger partial charge in [-0.2, -0.15) is 0 Å². The minimum Gasteiger partial charge on any atom is -0.147 e. The van der Waals surface area contributed by atoms with Crippen LogP contribution >= 0.6 is 34.5 Å². The number of alkyl halides is 1. The molecule has 2 unspecified atom stereocenters. The third-order valence-electron chi connectivity index (χ3n) is 3.11. The SMILES string of the molecule is CC1(C)C(CCl)C1c1cc(Cl)cs1. The molecule has 0 bridgehead atoms. The molecule has 1 aromatic rings. The lowest BCUT2D eigenvalue weighted by atomic mass is 10.1. The number of halogens is 2. The molecule has 0 N–H and O–H groups in total. The molecule has 1 aliphatic rings. The van der Waals surface area contributed by atoms with Gasteiger partial charge in [0.15, 0.2) is 0 Å². The third-order valence-corrected chi connectivity index (χ3v) is 4.81. The molecule has 0 nitrogen and oxygen atoms in total. The van der Waals surface area contributed by atoms with Crippen molar-refractivity contribution in [1.29, 1.82) is 0 Å². The molecule has 1 aromatic heterocycles. The second-order valence-electron chi connectivity index (χ2n) is 4.23. The lowest BCUT2D eigenvalue weighted by molar-refractivity contribution is 0.578. The molecule has 1 heterocycles. The minimum absolute atomic E-state index is 0.371. The van der Waals surface area contributed by atoms with Gasteiger partial charge in [0.05, 0.1) is 5.02 Å². The Balaban J connectivity index is 2.21. The molecule has 0 aromatic carbocycles. The first-order valence-corrected chi connectivity index (χ1v) is 6.16. The van der Waals surface area contributed by atoms with Gasteiger partial charge in [0.25, 0.3) is 0 Å². The molecule has 72 valence electrons. The quantitative estimate of drug-likeness (QED) is 0.667. The number of rotatable bonds is 2. The molecule has 0 saturated heterocycles. The van der Waals surface area contributed by atoms with Crippen molar-refractivity contribution in [1.82, 2.24) is 0 Å². The van der Waals surface area contributed by atoms with Crippen molar-refractivity contribution in [3.63, 3.8) is 0 Å². The Morgan fingerprint density at radius 2 is 2.23 bits per heavy atom. The van der Waals surface area contributed by atoms with Gasteiger partial charge in [-0.15, -0.1) is 22.9 Å². The van der Waals surface area contributed by atoms with Crippen LogP contribution in [0.15, 0.2) is 11.4 Å². The fourth-order valence-corrected chi connectivity index (χ4v) is 4.11. The van der Waals surface area contributed by atoms with E-state index in [4.69, 9.17) is 23.2 Å². The van der Waals surface area contributed by atoms with Crippen LogP contribution < -0.4 is 0 Å². The predicted molar refractivity (Wildman–Crippen MR) is 60.1 cm³/mol. The molecule has 0 spiro atoms. The van der Waals surface area contributed by atoms with Crippen molar-refractivity contribution in [2.75, 3.05) is 5.88 Å². The average molecular weight is 235 g/mol. The topological polar surface area (TPSA) is 0 Å². The number of thiophene rings is 1.